The molecule has 0 aliphatic carbocycles. The molecule has 0 bridgehead atoms. The van der Waals surface area contributed by atoms with Crippen molar-refractivity contribution >= 4 is 17.0 Å². The maximum atomic E-state index is 14.8. The van der Waals surface area contributed by atoms with Crippen LogP contribution in [0, 0.1) is 25.5 Å². The minimum absolute atomic E-state index is 0.0461. The van der Waals surface area contributed by atoms with Crippen molar-refractivity contribution in [1.29, 1.82) is 0 Å². The molecule has 1 atom stereocenters. The molecule has 3 aromatic heterocycles. The first-order valence-electron chi connectivity index (χ1n) is 10.8. The van der Waals surface area contributed by atoms with E-state index in [2.05, 4.69) is 19.9 Å². The fraction of sp³-hybridized carbons (Fsp3) is 0.292. The van der Waals surface area contributed by atoms with E-state index in [0.29, 0.717) is 25.5 Å². The summed E-state index contributed by atoms with van der Waals surface area (Å²) in [5, 5.41) is 0. The number of aryl methyl sites for hydroxylation is 2. The Kier molecular flexibility index (Phi) is 5.52. The fourth-order valence-corrected chi connectivity index (χ4v) is 4.05. The highest BCUT2D eigenvalue weighted by molar-refractivity contribution is 5.89. The summed E-state index contributed by atoms with van der Waals surface area (Å²) in [5.74, 6) is -0.813. The fourth-order valence-electron chi connectivity index (χ4n) is 4.05. The summed E-state index contributed by atoms with van der Waals surface area (Å²) in [5.41, 5.74) is 1.90. The predicted molar refractivity (Wildman–Crippen MR) is 123 cm³/mol. The van der Waals surface area contributed by atoms with E-state index >= 15 is 0 Å². The Morgan fingerprint density at radius 1 is 1.06 bits per heavy atom. The van der Waals surface area contributed by atoms with Crippen molar-refractivity contribution in [2.45, 2.75) is 20.0 Å². The smallest absolute Gasteiger partial charge is 0.279 e. The molecule has 5 rings (SSSR count). The number of anilines is 1. The van der Waals surface area contributed by atoms with Gasteiger partial charge in [0.25, 0.3) is 5.56 Å². The van der Waals surface area contributed by atoms with Crippen LogP contribution in [0.2, 0.25) is 0 Å². The Labute approximate surface area is 193 Å². The Balaban J connectivity index is 1.66. The number of nitrogens with zero attached hydrogens (tertiary/aromatic N) is 6. The molecule has 4 aromatic rings. The second kappa shape index (κ2) is 8.53. The average molecular weight is 464 g/mol. The SMILES string of the molecule is Cc1cc(C2CN(c3nc(-c4ccc(F)cc4F)c4nc(C)n(C)c(=O)c4n3)CCO2)ccn1. The van der Waals surface area contributed by atoms with Gasteiger partial charge < -0.3 is 9.64 Å². The van der Waals surface area contributed by atoms with E-state index in [1.165, 1.54) is 10.6 Å². The van der Waals surface area contributed by atoms with Gasteiger partial charge in [0.1, 0.15) is 34.8 Å². The van der Waals surface area contributed by atoms with Gasteiger partial charge in [-0.2, -0.15) is 0 Å². The van der Waals surface area contributed by atoms with Crippen LogP contribution in [0.4, 0.5) is 14.7 Å². The van der Waals surface area contributed by atoms with Crippen LogP contribution in [0.1, 0.15) is 23.2 Å². The molecular formula is C24H22F2N6O2. The highest BCUT2D eigenvalue weighted by Gasteiger charge is 2.27. The van der Waals surface area contributed by atoms with Gasteiger partial charge in [-0.05, 0) is 43.7 Å². The lowest BCUT2D eigenvalue weighted by Crippen LogP contribution is -2.39. The summed E-state index contributed by atoms with van der Waals surface area (Å²) in [6, 6.07) is 7.08. The Morgan fingerprint density at radius 2 is 1.88 bits per heavy atom. The molecule has 1 unspecified atom stereocenters. The van der Waals surface area contributed by atoms with Gasteiger partial charge >= 0.3 is 0 Å². The summed E-state index contributed by atoms with van der Waals surface area (Å²) in [4.78, 5) is 32.8. The predicted octanol–water partition coefficient (Wildman–Crippen LogP) is 3.26. The van der Waals surface area contributed by atoms with Gasteiger partial charge in [-0.3, -0.25) is 14.3 Å². The standard InChI is InChI=1S/C24H22F2N6O2/c1-13-10-15(6-7-27-13)19-12-32(8-9-34-19)24-29-20(17-5-4-16(25)11-18(17)26)21-22(30-24)23(33)31(3)14(2)28-21/h4-7,10-11,19H,8-9,12H2,1-3H3. The normalized spacial score (nSPS) is 16.3. The Bertz CT molecular complexity index is 1470. The Morgan fingerprint density at radius 3 is 2.65 bits per heavy atom. The van der Waals surface area contributed by atoms with Crippen LogP contribution in [0.25, 0.3) is 22.3 Å². The number of halogens is 2. The number of ether oxygens (including phenoxy) is 1. The van der Waals surface area contributed by atoms with Crippen molar-refractivity contribution in [1.82, 2.24) is 24.5 Å². The van der Waals surface area contributed by atoms with Gasteiger partial charge in [-0.15, -0.1) is 0 Å². The van der Waals surface area contributed by atoms with Crippen molar-refractivity contribution in [2.75, 3.05) is 24.6 Å². The molecule has 1 aliphatic rings. The third-order valence-electron chi connectivity index (χ3n) is 5.97. The number of pyridine rings is 1. The molecule has 1 saturated heterocycles. The van der Waals surface area contributed by atoms with Crippen LogP contribution in [-0.4, -0.2) is 44.2 Å². The summed E-state index contributed by atoms with van der Waals surface area (Å²) in [7, 11) is 1.60. The topological polar surface area (TPSA) is 86.0 Å². The van der Waals surface area contributed by atoms with Crippen LogP contribution >= 0.6 is 0 Å². The minimum atomic E-state index is -0.793. The Hall–Kier alpha value is -3.79. The molecule has 34 heavy (non-hydrogen) atoms. The molecule has 0 amide bonds. The molecule has 174 valence electrons. The molecule has 1 aromatic carbocycles. The summed E-state index contributed by atoms with van der Waals surface area (Å²) < 4.78 is 35.7. The number of hydrogen-bond donors (Lipinski definition) is 0. The van der Waals surface area contributed by atoms with Gasteiger partial charge in [0.15, 0.2) is 5.52 Å². The largest absolute Gasteiger partial charge is 0.370 e. The molecule has 0 radical (unpaired) electrons. The zero-order valence-electron chi connectivity index (χ0n) is 18.9. The van der Waals surface area contributed by atoms with Crippen molar-refractivity contribution in [3.8, 4) is 11.3 Å². The van der Waals surface area contributed by atoms with Crippen LogP contribution in [0.15, 0.2) is 41.3 Å². The molecule has 1 aliphatic heterocycles. The number of rotatable bonds is 3. The molecule has 0 saturated carbocycles. The highest BCUT2D eigenvalue weighted by atomic mass is 19.1. The van der Waals surface area contributed by atoms with E-state index < -0.39 is 11.6 Å². The first kappa shape index (κ1) is 22.0. The van der Waals surface area contributed by atoms with Crippen molar-refractivity contribution in [2.24, 2.45) is 7.05 Å². The maximum Gasteiger partial charge on any atom is 0.279 e. The van der Waals surface area contributed by atoms with Gasteiger partial charge in [0.2, 0.25) is 5.95 Å². The number of hydrogen-bond acceptors (Lipinski definition) is 7. The first-order valence-corrected chi connectivity index (χ1v) is 10.8. The third-order valence-corrected chi connectivity index (χ3v) is 5.97. The third kappa shape index (κ3) is 3.90. The molecule has 0 N–H and O–H groups in total. The van der Waals surface area contributed by atoms with E-state index in [1.807, 2.05) is 24.0 Å². The van der Waals surface area contributed by atoms with Gasteiger partial charge in [0, 0.05) is 37.1 Å². The zero-order valence-corrected chi connectivity index (χ0v) is 18.9. The lowest BCUT2D eigenvalue weighted by atomic mass is 10.1. The monoisotopic (exact) mass is 464 g/mol. The molecule has 8 nitrogen and oxygen atoms in total. The molecule has 1 fully saturated rings. The van der Waals surface area contributed by atoms with Crippen LogP contribution in [0.5, 0.6) is 0 Å². The zero-order chi connectivity index (χ0) is 24.0. The lowest BCUT2D eigenvalue weighted by molar-refractivity contribution is 0.0391. The van der Waals surface area contributed by atoms with Crippen molar-refractivity contribution in [3.63, 3.8) is 0 Å². The molecule has 4 heterocycles. The van der Waals surface area contributed by atoms with Crippen LogP contribution in [0.3, 0.4) is 0 Å². The highest BCUT2D eigenvalue weighted by Crippen LogP contribution is 2.30. The molecule has 0 spiro atoms. The summed E-state index contributed by atoms with van der Waals surface area (Å²) in [6.07, 6.45) is 1.48. The van der Waals surface area contributed by atoms with E-state index in [1.54, 1.807) is 20.2 Å². The molecular weight excluding hydrogens is 442 g/mol. The number of morpholine rings is 1. The van der Waals surface area contributed by atoms with Gasteiger partial charge in [-0.25, -0.2) is 23.7 Å². The summed E-state index contributed by atoms with van der Waals surface area (Å²) >= 11 is 0. The van der Waals surface area contributed by atoms with Crippen molar-refractivity contribution in [3.05, 3.63) is 75.6 Å². The summed E-state index contributed by atoms with van der Waals surface area (Å²) in [6.45, 7) is 4.91. The van der Waals surface area contributed by atoms with E-state index in [4.69, 9.17) is 4.74 Å². The van der Waals surface area contributed by atoms with Gasteiger partial charge in [-0.1, -0.05) is 0 Å². The first-order chi connectivity index (χ1) is 16.3. The van der Waals surface area contributed by atoms with Crippen LogP contribution < -0.4 is 10.5 Å². The minimum Gasteiger partial charge on any atom is -0.370 e. The maximum absolute atomic E-state index is 14.8. The van der Waals surface area contributed by atoms with E-state index in [0.717, 1.165) is 23.4 Å². The lowest BCUT2D eigenvalue weighted by Gasteiger charge is -2.33. The molecule has 10 heteroatoms. The van der Waals surface area contributed by atoms with E-state index in [9.17, 15) is 13.6 Å². The quantitative estimate of drug-likeness (QED) is 0.460. The second-order valence-corrected chi connectivity index (χ2v) is 8.25. The van der Waals surface area contributed by atoms with E-state index in [-0.39, 0.29) is 39.9 Å². The van der Waals surface area contributed by atoms with Crippen LogP contribution in [-0.2, 0) is 11.8 Å². The van der Waals surface area contributed by atoms with Gasteiger partial charge in [0.05, 0.1) is 13.2 Å². The number of aromatic nitrogens is 5. The number of benzene rings is 1. The average Bonchev–Trinajstić information content (AvgIpc) is 2.82. The second-order valence-electron chi connectivity index (χ2n) is 8.25. The number of fused-ring (bicyclic) bond motifs is 1. The van der Waals surface area contributed by atoms with Crippen molar-refractivity contribution < 1.29 is 13.5 Å².